The Bertz CT molecular complexity index is 468. The minimum atomic E-state index is 0.592. The second kappa shape index (κ2) is 6.39. The van der Waals surface area contributed by atoms with Crippen LogP contribution in [0.15, 0.2) is 24.3 Å². The number of hydrogen-bond acceptors (Lipinski definition) is 2. The Hall–Kier alpha value is -1.02. The molecule has 116 valence electrons. The topological polar surface area (TPSA) is 15.3 Å². The molecule has 21 heavy (non-hydrogen) atoms. The van der Waals surface area contributed by atoms with E-state index in [2.05, 4.69) is 55.3 Å². The molecule has 0 spiro atoms. The number of anilines is 1. The van der Waals surface area contributed by atoms with Gasteiger partial charge >= 0.3 is 0 Å². The zero-order chi connectivity index (χ0) is 14.8. The third kappa shape index (κ3) is 3.26. The Morgan fingerprint density at radius 2 is 2.00 bits per heavy atom. The summed E-state index contributed by atoms with van der Waals surface area (Å²) < 4.78 is 0. The number of nitrogens with one attached hydrogen (secondary N) is 1. The maximum absolute atomic E-state index is 3.78. The zero-order valence-electron chi connectivity index (χ0n) is 13.8. The van der Waals surface area contributed by atoms with Crippen molar-refractivity contribution in [2.45, 2.75) is 65.1 Å². The monoisotopic (exact) mass is 286 g/mol. The molecule has 2 nitrogen and oxygen atoms in total. The molecule has 2 heteroatoms. The minimum absolute atomic E-state index is 0.592. The SMILES string of the molecule is CC1CCCC(N2CC(C(C)C)NCc3ccccc32)C1. The lowest BCUT2D eigenvalue weighted by Gasteiger charge is -2.40. The van der Waals surface area contributed by atoms with Gasteiger partial charge < -0.3 is 10.2 Å². The Morgan fingerprint density at radius 3 is 2.76 bits per heavy atom. The fourth-order valence-corrected chi connectivity index (χ4v) is 4.03. The van der Waals surface area contributed by atoms with Crippen molar-refractivity contribution in [3.63, 3.8) is 0 Å². The van der Waals surface area contributed by atoms with Crippen LogP contribution in [-0.4, -0.2) is 18.6 Å². The van der Waals surface area contributed by atoms with Crippen LogP contribution < -0.4 is 10.2 Å². The van der Waals surface area contributed by atoms with Gasteiger partial charge in [0.1, 0.15) is 0 Å². The van der Waals surface area contributed by atoms with Crippen molar-refractivity contribution in [2.24, 2.45) is 11.8 Å². The Morgan fingerprint density at radius 1 is 1.19 bits per heavy atom. The summed E-state index contributed by atoms with van der Waals surface area (Å²) in [5.74, 6) is 1.56. The predicted molar refractivity (Wildman–Crippen MR) is 90.7 cm³/mol. The van der Waals surface area contributed by atoms with Gasteiger partial charge in [-0.1, -0.05) is 51.8 Å². The molecule has 1 aliphatic carbocycles. The van der Waals surface area contributed by atoms with E-state index in [0.29, 0.717) is 12.0 Å². The molecule has 1 fully saturated rings. The van der Waals surface area contributed by atoms with Gasteiger partial charge in [-0.15, -0.1) is 0 Å². The molecule has 0 amide bonds. The van der Waals surface area contributed by atoms with Gasteiger partial charge in [0.25, 0.3) is 0 Å². The number of rotatable bonds is 2. The Labute approximate surface area is 129 Å². The lowest BCUT2D eigenvalue weighted by molar-refractivity contribution is 0.314. The highest BCUT2D eigenvalue weighted by molar-refractivity contribution is 5.55. The van der Waals surface area contributed by atoms with Gasteiger partial charge in [-0.3, -0.25) is 0 Å². The number of fused-ring (bicyclic) bond motifs is 1. The number of para-hydroxylation sites is 1. The Balaban J connectivity index is 1.89. The molecule has 1 saturated carbocycles. The molecular weight excluding hydrogens is 256 g/mol. The van der Waals surface area contributed by atoms with Crippen molar-refractivity contribution in [1.82, 2.24) is 5.32 Å². The van der Waals surface area contributed by atoms with Crippen molar-refractivity contribution >= 4 is 5.69 Å². The molecular formula is C19H30N2. The summed E-state index contributed by atoms with van der Waals surface area (Å²) in [6, 6.07) is 10.3. The Kier molecular flexibility index (Phi) is 4.54. The van der Waals surface area contributed by atoms with Gasteiger partial charge in [0.05, 0.1) is 0 Å². The first kappa shape index (κ1) is 14.9. The molecule has 1 N–H and O–H groups in total. The highest BCUT2D eigenvalue weighted by Crippen LogP contribution is 2.34. The number of hydrogen-bond donors (Lipinski definition) is 1. The van der Waals surface area contributed by atoms with Gasteiger partial charge in [0.15, 0.2) is 0 Å². The van der Waals surface area contributed by atoms with E-state index in [1.54, 1.807) is 0 Å². The summed E-state index contributed by atoms with van der Waals surface area (Å²) in [6.45, 7) is 9.28. The molecule has 1 aromatic carbocycles. The molecule has 3 atom stereocenters. The van der Waals surface area contributed by atoms with Gasteiger partial charge in [-0.2, -0.15) is 0 Å². The van der Waals surface area contributed by atoms with Crippen molar-refractivity contribution in [1.29, 1.82) is 0 Å². The van der Waals surface area contributed by atoms with Gasteiger partial charge in [0, 0.05) is 30.9 Å². The van der Waals surface area contributed by atoms with E-state index in [0.717, 1.165) is 25.0 Å². The minimum Gasteiger partial charge on any atom is -0.367 e. The molecule has 2 aliphatic rings. The van der Waals surface area contributed by atoms with E-state index >= 15 is 0 Å². The summed E-state index contributed by atoms with van der Waals surface area (Å²) >= 11 is 0. The predicted octanol–water partition coefficient (Wildman–Crippen LogP) is 4.20. The molecule has 1 aromatic rings. The molecule has 0 saturated heterocycles. The summed E-state index contributed by atoms with van der Waals surface area (Å²) in [6.07, 6.45) is 5.53. The van der Waals surface area contributed by atoms with Crippen LogP contribution in [0.25, 0.3) is 0 Å². The fourth-order valence-electron chi connectivity index (χ4n) is 4.03. The molecule has 1 heterocycles. The van der Waals surface area contributed by atoms with E-state index in [1.165, 1.54) is 36.9 Å². The van der Waals surface area contributed by atoms with Crippen LogP contribution in [0.1, 0.15) is 52.0 Å². The molecule has 0 bridgehead atoms. The van der Waals surface area contributed by atoms with Crippen LogP contribution in [0.2, 0.25) is 0 Å². The largest absolute Gasteiger partial charge is 0.367 e. The molecule has 1 aliphatic heterocycles. The summed E-state index contributed by atoms with van der Waals surface area (Å²) in [5.41, 5.74) is 2.95. The van der Waals surface area contributed by atoms with Crippen LogP contribution in [0.5, 0.6) is 0 Å². The fraction of sp³-hybridized carbons (Fsp3) is 0.684. The number of nitrogens with zero attached hydrogens (tertiary/aromatic N) is 1. The first-order valence-electron chi connectivity index (χ1n) is 8.73. The molecule has 0 radical (unpaired) electrons. The average molecular weight is 286 g/mol. The van der Waals surface area contributed by atoms with E-state index in [9.17, 15) is 0 Å². The highest BCUT2D eigenvalue weighted by Gasteiger charge is 2.30. The normalized spacial score (nSPS) is 30.1. The highest BCUT2D eigenvalue weighted by atomic mass is 15.2. The molecule has 3 unspecified atom stereocenters. The first-order chi connectivity index (χ1) is 10.1. The van der Waals surface area contributed by atoms with E-state index in [1.807, 2.05) is 0 Å². The van der Waals surface area contributed by atoms with Gasteiger partial charge in [-0.05, 0) is 36.3 Å². The van der Waals surface area contributed by atoms with Crippen molar-refractivity contribution < 1.29 is 0 Å². The van der Waals surface area contributed by atoms with Gasteiger partial charge in [0.2, 0.25) is 0 Å². The van der Waals surface area contributed by atoms with Crippen LogP contribution in [0.4, 0.5) is 5.69 Å². The lowest BCUT2D eigenvalue weighted by atomic mass is 9.85. The van der Waals surface area contributed by atoms with Crippen LogP contribution in [0.3, 0.4) is 0 Å². The second-order valence-electron chi connectivity index (χ2n) is 7.44. The van der Waals surface area contributed by atoms with Gasteiger partial charge in [-0.25, -0.2) is 0 Å². The standard InChI is InChI=1S/C19H30N2/c1-14(2)18-13-21(17-9-6-7-15(3)11-17)19-10-5-4-8-16(19)12-20-18/h4-5,8,10,14-15,17-18,20H,6-7,9,11-13H2,1-3H3. The van der Waals surface area contributed by atoms with E-state index in [4.69, 9.17) is 0 Å². The summed E-state index contributed by atoms with van der Waals surface area (Å²) in [5, 5.41) is 3.78. The van der Waals surface area contributed by atoms with Crippen LogP contribution >= 0.6 is 0 Å². The summed E-state index contributed by atoms with van der Waals surface area (Å²) in [4.78, 5) is 2.73. The first-order valence-corrected chi connectivity index (χ1v) is 8.73. The van der Waals surface area contributed by atoms with E-state index in [-0.39, 0.29) is 0 Å². The molecule has 0 aromatic heterocycles. The van der Waals surface area contributed by atoms with Crippen LogP contribution in [-0.2, 0) is 6.54 Å². The lowest BCUT2D eigenvalue weighted by Crippen LogP contribution is -2.47. The van der Waals surface area contributed by atoms with E-state index < -0.39 is 0 Å². The van der Waals surface area contributed by atoms with Crippen molar-refractivity contribution in [3.05, 3.63) is 29.8 Å². The maximum atomic E-state index is 3.78. The quantitative estimate of drug-likeness (QED) is 0.876. The zero-order valence-corrected chi connectivity index (χ0v) is 13.8. The third-order valence-corrected chi connectivity index (χ3v) is 5.40. The number of benzene rings is 1. The second-order valence-corrected chi connectivity index (χ2v) is 7.44. The maximum Gasteiger partial charge on any atom is 0.0414 e. The van der Waals surface area contributed by atoms with Crippen molar-refractivity contribution in [3.8, 4) is 0 Å². The molecule has 3 rings (SSSR count). The average Bonchev–Trinajstić information content (AvgIpc) is 2.67. The smallest absolute Gasteiger partial charge is 0.0414 e. The van der Waals surface area contributed by atoms with Crippen molar-refractivity contribution in [2.75, 3.05) is 11.4 Å². The van der Waals surface area contributed by atoms with Crippen LogP contribution in [0, 0.1) is 11.8 Å². The summed E-state index contributed by atoms with van der Waals surface area (Å²) in [7, 11) is 0. The third-order valence-electron chi connectivity index (χ3n) is 5.40.